The lowest BCUT2D eigenvalue weighted by Crippen LogP contribution is -2.24. The summed E-state index contributed by atoms with van der Waals surface area (Å²) in [5.74, 6) is 0. The van der Waals surface area contributed by atoms with Gasteiger partial charge in [-0.3, -0.25) is 0 Å². The van der Waals surface area contributed by atoms with Crippen molar-refractivity contribution in [1.82, 2.24) is 4.98 Å². The van der Waals surface area contributed by atoms with Crippen LogP contribution in [0.1, 0.15) is 0 Å². The summed E-state index contributed by atoms with van der Waals surface area (Å²) in [4.78, 5) is 5.42. The van der Waals surface area contributed by atoms with Crippen LogP contribution in [0.3, 0.4) is 0 Å². The highest BCUT2D eigenvalue weighted by Crippen LogP contribution is 2.46. The Hall–Kier alpha value is -5.56. The van der Waals surface area contributed by atoms with E-state index in [0.29, 0.717) is 0 Å². The van der Waals surface area contributed by atoms with Gasteiger partial charge in [-0.15, -0.1) is 0 Å². The van der Waals surface area contributed by atoms with Crippen molar-refractivity contribution in [2.24, 2.45) is 0 Å². The molecule has 0 aliphatic carbocycles. The molecular formula is C43H28NOP. The van der Waals surface area contributed by atoms with Gasteiger partial charge in [0.25, 0.3) is 0 Å². The van der Waals surface area contributed by atoms with Crippen molar-refractivity contribution in [2.45, 2.75) is 0 Å². The van der Waals surface area contributed by atoms with Crippen LogP contribution in [0.2, 0.25) is 0 Å². The lowest BCUT2D eigenvalue weighted by molar-refractivity contribution is 0.592. The summed E-state index contributed by atoms with van der Waals surface area (Å²) >= 11 is 0. The van der Waals surface area contributed by atoms with Crippen LogP contribution >= 0.6 is 7.14 Å². The molecule has 1 aromatic heterocycles. The largest absolute Gasteiger partial charge is 0.309 e. The van der Waals surface area contributed by atoms with Crippen LogP contribution in [0.4, 0.5) is 0 Å². The maximum absolute atomic E-state index is 15.1. The van der Waals surface area contributed by atoms with E-state index in [1.807, 2.05) is 72.8 Å². The zero-order valence-electron chi connectivity index (χ0n) is 25.0. The number of benzene rings is 8. The molecule has 0 saturated heterocycles. The quantitative estimate of drug-likeness (QED) is 0.148. The smallest absolute Gasteiger partial charge is 0.171 e. The fourth-order valence-corrected chi connectivity index (χ4v) is 9.85. The molecule has 9 aromatic rings. The maximum Gasteiger partial charge on any atom is 0.171 e. The van der Waals surface area contributed by atoms with E-state index in [1.54, 1.807) is 0 Å². The fraction of sp³-hybridized carbons (Fsp3) is 0. The molecule has 3 heteroatoms. The molecule has 0 spiro atoms. The van der Waals surface area contributed by atoms with Gasteiger partial charge in [-0.1, -0.05) is 164 Å². The Balaban J connectivity index is 1.37. The molecule has 0 atom stereocenters. The second-order valence-corrected chi connectivity index (χ2v) is 14.6. The van der Waals surface area contributed by atoms with E-state index in [-0.39, 0.29) is 0 Å². The molecule has 46 heavy (non-hydrogen) atoms. The van der Waals surface area contributed by atoms with Crippen LogP contribution in [0.5, 0.6) is 0 Å². The van der Waals surface area contributed by atoms with Crippen LogP contribution < -0.4 is 15.9 Å². The summed E-state index contributed by atoms with van der Waals surface area (Å²) in [5, 5.41) is 13.2. The molecule has 8 aromatic carbocycles. The first-order valence-electron chi connectivity index (χ1n) is 15.6. The first kappa shape index (κ1) is 26.8. The summed E-state index contributed by atoms with van der Waals surface area (Å²) in [6.07, 6.45) is 0. The summed E-state index contributed by atoms with van der Waals surface area (Å²) in [6.45, 7) is 0. The number of hydrogen-bond acceptors (Lipinski definition) is 2. The number of aromatic nitrogens is 1. The Labute approximate surface area is 267 Å². The summed E-state index contributed by atoms with van der Waals surface area (Å²) < 4.78 is 15.1. The van der Waals surface area contributed by atoms with Crippen LogP contribution in [0, 0.1) is 0 Å². The zero-order chi connectivity index (χ0) is 30.7. The van der Waals surface area contributed by atoms with Crippen molar-refractivity contribution >= 4 is 77.0 Å². The third-order valence-corrected chi connectivity index (χ3v) is 12.4. The Morgan fingerprint density at radius 3 is 1.46 bits per heavy atom. The highest BCUT2D eigenvalue weighted by Gasteiger charge is 2.29. The first-order valence-corrected chi connectivity index (χ1v) is 17.3. The second kappa shape index (κ2) is 10.5. The zero-order valence-corrected chi connectivity index (χ0v) is 25.9. The molecule has 0 aliphatic rings. The standard InChI is InChI=1S/C43H28NOP/c45-46(31-14-3-1-4-15-31,32-16-5-2-6-17-32)33-26-23-30(24-27-33)43-42-38-22-12-10-20-36(38)35-19-9-11-21-37(35)41(42)40-34-18-8-7-13-29(34)25-28-39(40)44-43/h1-28H. The molecule has 0 bridgehead atoms. The molecule has 0 N–H and O–H groups in total. The first-order chi connectivity index (χ1) is 22.7. The van der Waals surface area contributed by atoms with Gasteiger partial charge < -0.3 is 4.57 Å². The normalized spacial score (nSPS) is 12.0. The van der Waals surface area contributed by atoms with Crippen LogP contribution in [0.25, 0.3) is 65.3 Å². The minimum absolute atomic E-state index is 0.806. The van der Waals surface area contributed by atoms with E-state index in [0.717, 1.165) is 38.1 Å². The van der Waals surface area contributed by atoms with Gasteiger partial charge >= 0.3 is 0 Å². The highest BCUT2D eigenvalue weighted by molar-refractivity contribution is 7.85. The number of pyridine rings is 1. The fourth-order valence-electron chi connectivity index (χ4n) is 7.20. The van der Waals surface area contributed by atoms with Crippen molar-refractivity contribution in [2.75, 3.05) is 0 Å². The van der Waals surface area contributed by atoms with E-state index >= 15 is 4.57 Å². The van der Waals surface area contributed by atoms with Crippen LogP contribution in [-0.2, 0) is 4.57 Å². The molecular weight excluding hydrogens is 577 g/mol. The van der Waals surface area contributed by atoms with Crippen molar-refractivity contribution in [3.05, 3.63) is 170 Å². The molecule has 0 aliphatic heterocycles. The van der Waals surface area contributed by atoms with Gasteiger partial charge in [-0.2, -0.15) is 0 Å². The molecule has 1 heterocycles. The highest BCUT2D eigenvalue weighted by atomic mass is 31.2. The van der Waals surface area contributed by atoms with E-state index in [2.05, 4.69) is 97.1 Å². The number of rotatable bonds is 4. The molecule has 0 radical (unpaired) electrons. The SMILES string of the molecule is O=P(c1ccccc1)(c1ccccc1)c1ccc(-c2nc3ccc4ccccc4c3c3c4ccccc4c4ccccc4c23)cc1. The van der Waals surface area contributed by atoms with Crippen molar-refractivity contribution in [3.8, 4) is 11.3 Å². The van der Waals surface area contributed by atoms with E-state index in [1.165, 1.54) is 43.1 Å². The second-order valence-electron chi connectivity index (χ2n) is 11.8. The molecule has 0 fully saturated rings. The minimum Gasteiger partial charge on any atom is -0.309 e. The Bertz CT molecular complexity index is 2600. The van der Waals surface area contributed by atoms with Gasteiger partial charge in [-0.05, 0) is 38.4 Å². The van der Waals surface area contributed by atoms with Gasteiger partial charge in [0.05, 0.1) is 11.2 Å². The minimum atomic E-state index is -3.09. The molecule has 0 unspecified atom stereocenters. The van der Waals surface area contributed by atoms with Gasteiger partial charge in [-0.25, -0.2) is 4.98 Å². The Morgan fingerprint density at radius 2 is 0.848 bits per heavy atom. The Morgan fingerprint density at radius 1 is 0.370 bits per heavy atom. The average molecular weight is 606 g/mol. The molecule has 0 saturated carbocycles. The van der Waals surface area contributed by atoms with E-state index in [9.17, 15) is 0 Å². The summed E-state index contributed by atoms with van der Waals surface area (Å²) in [5.41, 5.74) is 2.89. The van der Waals surface area contributed by atoms with Crippen molar-refractivity contribution in [3.63, 3.8) is 0 Å². The topological polar surface area (TPSA) is 30.0 Å². The third kappa shape index (κ3) is 3.97. The summed E-state index contributed by atoms with van der Waals surface area (Å²) in [6, 6.07) is 58.3. The van der Waals surface area contributed by atoms with Crippen molar-refractivity contribution < 1.29 is 4.57 Å². The van der Waals surface area contributed by atoms with Crippen molar-refractivity contribution in [1.29, 1.82) is 0 Å². The van der Waals surface area contributed by atoms with E-state index < -0.39 is 7.14 Å². The molecule has 9 rings (SSSR count). The lowest BCUT2D eigenvalue weighted by atomic mass is 9.88. The van der Waals surface area contributed by atoms with Crippen LogP contribution in [-0.4, -0.2) is 4.98 Å². The maximum atomic E-state index is 15.1. The van der Waals surface area contributed by atoms with Crippen LogP contribution in [0.15, 0.2) is 170 Å². The lowest BCUT2D eigenvalue weighted by Gasteiger charge is -2.21. The summed E-state index contributed by atoms with van der Waals surface area (Å²) in [7, 11) is -3.09. The molecule has 2 nitrogen and oxygen atoms in total. The Kier molecular flexibility index (Phi) is 6.13. The van der Waals surface area contributed by atoms with Gasteiger partial charge in [0.2, 0.25) is 0 Å². The predicted molar refractivity (Wildman–Crippen MR) is 197 cm³/mol. The number of nitrogens with zero attached hydrogens (tertiary/aromatic N) is 1. The van der Waals surface area contributed by atoms with Gasteiger partial charge in [0.1, 0.15) is 0 Å². The van der Waals surface area contributed by atoms with Gasteiger partial charge in [0, 0.05) is 37.6 Å². The number of fused-ring (bicyclic) bond motifs is 10. The van der Waals surface area contributed by atoms with Gasteiger partial charge in [0.15, 0.2) is 7.14 Å². The molecule has 0 amide bonds. The average Bonchev–Trinajstić information content (AvgIpc) is 3.14. The number of hydrogen-bond donors (Lipinski definition) is 0. The molecule has 216 valence electrons. The monoisotopic (exact) mass is 605 g/mol. The third-order valence-electron chi connectivity index (χ3n) is 9.30. The predicted octanol–water partition coefficient (Wildman–Crippen LogP) is 10.2. The van der Waals surface area contributed by atoms with E-state index in [4.69, 9.17) is 4.98 Å².